The van der Waals surface area contributed by atoms with Crippen molar-refractivity contribution in [3.63, 3.8) is 0 Å². The van der Waals surface area contributed by atoms with Gasteiger partial charge in [-0.2, -0.15) is 11.8 Å². The standard InChI is InChI=1S/C16H28N4S/c1-4-10-17-14-13(2)15(20-12-19-14)18-11-16(21-3)8-6-5-7-9-16/h12H,4-11H2,1-3H3,(H2,17,18,19,20). The van der Waals surface area contributed by atoms with Gasteiger partial charge in [-0.15, -0.1) is 0 Å². The molecule has 1 heterocycles. The van der Waals surface area contributed by atoms with Gasteiger partial charge in [0.05, 0.1) is 0 Å². The number of anilines is 2. The molecule has 1 aliphatic carbocycles. The van der Waals surface area contributed by atoms with E-state index in [9.17, 15) is 0 Å². The highest BCUT2D eigenvalue weighted by Crippen LogP contribution is 2.38. The first-order chi connectivity index (χ1) is 10.2. The number of nitrogens with zero attached hydrogens (tertiary/aromatic N) is 2. The van der Waals surface area contributed by atoms with Gasteiger partial charge in [0.25, 0.3) is 0 Å². The lowest BCUT2D eigenvalue weighted by Crippen LogP contribution is -2.35. The molecule has 0 atom stereocenters. The van der Waals surface area contributed by atoms with Crippen LogP contribution in [0.2, 0.25) is 0 Å². The van der Waals surface area contributed by atoms with Gasteiger partial charge >= 0.3 is 0 Å². The van der Waals surface area contributed by atoms with E-state index < -0.39 is 0 Å². The van der Waals surface area contributed by atoms with Crippen LogP contribution in [0.25, 0.3) is 0 Å². The maximum absolute atomic E-state index is 4.43. The van der Waals surface area contributed by atoms with Gasteiger partial charge in [-0.25, -0.2) is 9.97 Å². The third-order valence-corrected chi connectivity index (χ3v) is 5.82. The molecule has 21 heavy (non-hydrogen) atoms. The molecule has 2 rings (SSSR count). The minimum Gasteiger partial charge on any atom is -0.370 e. The van der Waals surface area contributed by atoms with Gasteiger partial charge in [0, 0.05) is 23.4 Å². The summed E-state index contributed by atoms with van der Waals surface area (Å²) in [7, 11) is 0. The van der Waals surface area contributed by atoms with Gasteiger partial charge in [-0.05, 0) is 32.4 Å². The Balaban J connectivity index is 2.02. The largest absolute Gasteiger partial charge is 0.370 e. The molecule has 0 radical (unpaired) electrons. The van der Waals surface area contributed by atoms with Crippen molar-refractivity contribution in [1.82, 2.24) is 9.97 Å². The molecule has 2 N–H and O–H groups in total. The predicted molar refractivity (Wildman–Crippen MR) is 93.4 cm³/mol. The van der Waals surface area contributed by atoms with Crippen molar-refractivity contribution < 1.29 is 0 Å². The Morgan fingerprint density at radius 1 is 1.14 bits per heavy atom. The first-order valence-corrected chi connectivity index (χ1v) is 9.28. The van der Waals surface area contributed by atoms with Crippen LogP contribution in [0.3, 0.4) is 0 Å². The van der Waals surface area contributed by atoms with Crippen LogP contribution in [0, 0.1) is 6.92 Å². The van der Waals surface area contributed by atoms with Crippen LogP contribution in [0.4, 0.5) is 11.6 Å². The summed E-state index contributed by atoms with van der Waals surface area (Å²) in [5, 5.41) is 6.95. The Bertz CT molecular complexity index is 444. The second-order valence-corrected chi connectivity index (χ2v) is 7.20. The Labute approximate surface area is 132 Å². The molecule has 1 fully saturated rings. The van der Waals surface area contributed by atoms with E-state index in [1.54, 1.807) is 6.33 Å². The molecule has 0 saturated heterocycles. The fourth-order valence-corrected chi connectivity index (χ4v) is 3.86. The molecule has 0 amide bonds. The van der Waals surface area contributed by atoms with E-state index in [4.69, 9.17) is 0 Å². The topological polar surface area (TPSA) is 49.8 Å². The third kappa shape index (κ3) is 4.25. The summed E-state index contributed by atoms with van der Waals surface area (Å²) in [5.41, 5.74) is 1.12. The highest BCUT2D eigenvalue weighted by Gasteiger charge is 2.31. The van der Waals surface area contributed by atoms with Crippen molar-refractivity contribution in [3.05, 3.63) is 11.9 Å². The van der Waals surface area contributed by atoms with Crippen LogP contribution in [0.1, 0.15) is 51.0 Å². The summed E-state index contributed by atoms with van der Waals surface area (Å²) in [6.45, 7) is 6.20. The molecule has 4 nitrogen and oxygen atoms in total. The Kier molecular flexibility index (Phi) is 6.15. The summed E-state index contributed by atoms with van der Waals surface area (Å²) < 4.78 is 0.382. The second-order valence-electron chi connectivity index (χ2n) is 5.92. The van der Waals surface area contributed by atoms with E-state index in [-0.39, 0.29) is 0 Å². The maximum Gasteiger partial charge on any atom is 0.134 e. The summed E-state index contributed by atoms with van der Waals surface area (Å²) in [6, 6.07) is 0. The van der Waals surface area contributed by atoms with Crippen molar-refractivity contribution >= 4 is 23.4 Å². The first-order valence-electron chi connectivity index (χ1n) is 8.05. The molecule has 1 aromatic heterocycles. The Hall–Kier alpha value is -0.970. The molecular formula is C16H28N4S. The Morgan fingerprint density at radius 2 is 1.81 bits per heavy atom. The van der Waals surface area contributed by atoms with Gasteiger partial charge < -0.3 is 10.6 Å². The average Bonchev–Trinajstić information content (AvgIpc) is 2.53. The van der Waals surface area contributed by atoms with Crippen LogP contribution >= 0.6 is 11.8 Å². The van der Waals surface area contributed by atoms with Crippen molar-refractivity contribution in [2.75, 3.05) is 30.0 Å². The normalized spacial score (nSPS) is 17.5. The van der Waals surface area contributed by atoms with E-state index in [2.05, 4.69) is 40.7 Å². The van der Waals surface area contributed by atoms with E-state index in [1.165, 1.54) is 32.1 Å². The van der Waals surface area contributed by atoms with Crippen LogP contribution in [0.5, 0.6) is 0 Å². The van der Waals surface area contributed by atoms with E-state index in [0.29, 0.717) is 4.75 Å². The lowest BCUT2D eigenvalue weighted by Gasteiger charge is -2.36. The summed E-state index contributed by atoms with van der Waals surface area (Å²) in [5.74, 6) is 1.93. The fourth-order valence-electron chi connectivity index (χ4n) is 2.94. The lowest BCUT2D eigenvalue weighted by atomic mass is 9.88. The SMILES string of the molecule is CCCNc1ncnc(NCC2(SC)CCCCC2)c1C. The van der Waals surface area contributed by atoms with Gasteiger partial charge in [-0.3, -0.25) is 0 Å². The lowest BCUT2D eigenvalue weighted by molar-refractivity contribution is 0.411. The van der Waals surface area contributed by atoms with Gasteiger partial charge in [0.2, 0.25) is 0 Å². The van der Waals surface area contributed by atoms with Gasteiger partial charge in [0.15, 0.2) is 0 Å². The molecule has 5 heteroatoms. The number of rotatable bonds is 7. The Morgan fingerprint density at radius 3 is 2.43 bits per heavy atom. The van der Waals surface area contributed by atoms with Crippen molar-refractivity contribution in [2.45, 2.75) is 57.1 Å². The average molecular weight is 308 g/mol. The molecule has 0 spiro atoms. The molecular weight excluding hydrogens is 280 g/mol. The molecule has 118 valence electrons. The number of nitrogens with one attached hydrogen (secondary N) is 2. The zero-order chi connectivity index (χ0) is 15.1. The minimum atomic E-state index is 0.382. The number of hydrogen-bond donors (Lipinski definition) is 2. The van der Waals surface area contributed by atoms with Crippen molar-refractivity contribution in [2.24, 2.45) is 0 Å². The molecule has 0 aromatic carbocycles. The van der Waals surface area contributed by atoms with Crippen LogP contribution in [0.15, 0.2) is 6.33 Å². The zero-order valence-electron chi connectivity index (χ0n) is 13.5. The highest BCUT2D eigenvalue weighted by atomic mass is 32.2. The van der Waals surface area contributed by atoms with Gasteiger partial charge in [0.1, 0.15) is 18.0 Å². The molecule has 1 aromatic rings. The van der Waals surface area contributed by atoms with Crippen LogP contribution in [-0.4, -0.2) is 34.1 Å². The third-order valence-electron chi connectivity index (χ3n) is 4.40. The van der Waals surface area contributed by atoms with E-state index in [1.807, 2.05) is 11.8 Å². The van der Waals surface area contributed by atoms with Crippen molar-refractivity contribution in [1.29, 1.82) is 0 Å². The maximum atomic E-state index is 4.43. The van der Waals surface area contributed by atoms with Gasteiger partial charge in [-0.1, -0.05) is 26.2 Å². The summed E-state index contributed by atoms with van der Waals surface area (Å²) in [4.78, 5) is 8.77. The molecule has 0 bridgehead atoms. The summed E-state index contributed by atoms with van der Waals surface area (Å²) >= 11 is 2.01. The quantitative estimate of drug-likeness (QED) is 0.794. The molecule has 0 unspecified atom stereocenters. The minimum absolute atomic E-state index is 0.382. The molecule has 1 saturated carbocycles. The fraction of sp³-hybridized carbons (Fsp3) is 0.750. The predicted octanol–water partition coefficient (Wildman–Crippen LogP) is 4.08. The molecule has 0 aliphatic heterocycles. The van der Waals surface area contributed by atoms with E-state index >= 15 is 0 Å². The van der Waals surface area contributed by atoms with Crippen LogP contribution in [-0.2, 0) is 0 Å². The smallest absolute Gasteiger partial charge is 0.134 e. The summed E-state index contributed by atoms with van der Waals surface area (Å²) in [6.07, 6.45) is 11.7. The highest BCUT2D eigenvalue weighted by molar-refractivity contribution is 8.00. The first kappa shape index (κ1) is 16.4. The zero-order valence-corrected chi connectivity index (χ0v) is 14.4. The molecule has 1 aliphatic rings. The number of thioether (sulfide) groups is 1. The second kappa shape index (κ2) is 7.87. The van der Waals surface area contributed by atoms with Crippen molar-refractivity contribution in [3.8, 4) is 0 Å². The number of aromatic nitrogens is 2. The monoisotopic (exact) mass is 308 g/mol. The number of hydrogen-bond acceptors (Lipinski definition) is 5. The van der Waals surface area contributed by atoms with Crippen LogP contribution < -0.4 is 10.6 Å². The van der Waals surface area contributed by atoms with E-state index in [0.717, 1.165) is 36.7 Å².